The molecule has 3 N–H and O–H groups in total. The summed E-state index contributed by atoms with van der Waals surface area (Å²) in [5.74, 6) is 9.69. The molecule has 0 amide bonds. The van der Waals surface area contributed by atoms with Crippen molar-refractivity contribution in [2.45, 2.75) is 38.6 Å². The minimum absolute atomic E-state index is 0.411. The molecular formula is C10H18N2. The molecule has 0 radical (unpaired) electrons. The van der Waals surface area contributed by atoms with Gasteiger partial charge in [0, 0.05) is 12.5 Å². The van der Waals surface area contributed by atoms with Gasteiger partial charge in [-0.15, -0.1) is 12.3 Å². The second-order valence-electron chi connectivity index (χ2n) is 3.71. The molecule has 1 fully saturated rings. The topological polar surface area (TPSA) is 38.0 Å². The van der Waals surface area contributed by atoms with Crippen LogP contribution in [0.3, 0.4) is 0 Å². The van der Waals surface area contributed by atoms with E-state index in [4.69, 9.17) is 12.3 Å². The van der Waals surface area contributed by atoms with Gasteiger partial charge >= 0.3 is 0 Å². The van der Waals surface area contributed by atoms with Gasteiger partial charge in [-0.2, -0.15) is 0 Å². The van der Waals surface area contributed by atoms with Crippen molar-refractivity contribution >= 4 is 0 Å². The Bertz CT molecular complexity index is 167. The highest BCUT2D eigenvalue weighted by molar-refractivity contribution is 4.90. The third-order valence-electron chi connectivity index (χ3n) is 2.81. The third kappa shape index (κ3) is 2.51. The summed E-state index contributed by atoms with van der Waals surface area (Å²) in [6.45, 7) is 2.26. The molecule has 2 nitrogen and oxygen atoms in total. The van der Waals surface area contributed by atoms with E-state index in [0.29, 0.717) is 12.0 Å². The summed E-state index contributed by atoms with van der Waals surface area (Å²) in [4.78, 5) is 0. The van der Waals surface area contributed by atoms with Gasteiger partial charge in [-0.3, -0.25) is 11.3 Å². The predicted octanol–water partition coefficient (Wildman–Crippen LogP) is 1.28. The monoisotopic (exact) mass is 166 g/mol. The van der Waals surface area contributed by atoms with Gasteiger partial charge in [0.2, 0.25) is 0 Å². The number of nitrogens with one attached hydrogen (secondary N) is 1. The Morgan fingerprint density at radius 3 is 2.75 bits per heavy atom. The number of terminal acetylenes is 1. The molecule has 0 spiro atoms. The summed E-state index contributed by atoms with van der Waals surface area (Å²) in [5.41, 5.74) is 2.86. The van der Waals surface area contributed by atoms with Crippen molar-refractivity contribution in [3.63, 3.8) is 0 Å². The van der Waals surface area contributed by atoms with E-state index in [0.717, 1.165) is 18.8 Å². The van der Waals surface area contributed by atoms with E-state index in [1.165, 1.54) is 12.8 Å². The molecule has 2 atom stereocenters. The first-order valence-electron chi connectivity index (χ1n) is 4.69. The molecule has 1 aliphatic carbocycles. The number of rotatable bonds is 5. The number of hydrazine groups is 1. The zero-order valence-electron chi connectivity index (χ0n) is 7.72. The lowest BCUT2D eigenvalue weighted by molar-refractivity contribution is 0.331. The van der Waals surface area contributed by atoms with E-state index >= 15 is 0 Å². The average Bonchev–Trinajstić information content (AvgIpc) is 2.88. The van der Waals surface area contributed by atoms with Crippen molar-refractivity contribution in [3.05, 3.63) is 0 Å². The maximum atomic E-state index is 5.46. The van der Waals surface area contributed by atoms with Gasteiger partial charge in [0.05, 0.1) is 0 Å². The van der Waals surface area contributed by atoms with E-state index in [2.05, 4.69) is 18.3 Å². The molecule has 2 heteroatoms. The van der Waals surface area contributed by atoms with Crippen LogP contribution in [-0.4, -0.2) is 6.04 Å². The van der Waals surface area contributed by atoms with Gasteiger partial charge < -0.3 is 0 Å². The highest BCUT2D eigenvalue weighted by Gasteiger charge is 2.32. The van der Waals surface area contributed by atoms with E-state index in [1.807, 2.05) is 0 Å². The quantitative estimate of drug-likeness (QED) is 0.367. The van der Waals surface area contributed by atoms with Crippen LogP contribution in [0.4, 0.5) is 0 Å². The summed E-state index contributed by atoms with van der Waals surface area (Å²) in [6, 6.07) is 0.411. The summed E-state index contributed by atoms with van der Waals surface area (Å²) >= 11 is 0. The van der Waals surface area contributed by atoms with E-state index < -0.39 is 0 Å². The van der Waals surface area contributed by atoms with Gasteiger partial charge in [0.25, 0.3) is 0 Å². The standard InChI is InChI=1S/C10H18N2/c1-3-4-5-10(12-11)8(2)9-6-7-9/h1,8-10,12H,4-7,11H2,2H3. The van der Waals surface area contributed by atoms with Crippen LogP contribution >= 0.6 is 0 Å². The van der Waals surface area contributed by atoms with Gasteiger partial charge in [-0.25, -0.2) is 0 Å². The summed E-state index contributed by atoms with van der Waals surface area (Å²) in [7, 11) is 0. The van der Waals surface area contributed by atoms with Crippen LogP contribution in [0.2, 0.25) is 0 Å². The van der Waals surface area contributed by atoms with Crippen molar-refractivity contribution in [1.82, 2.24) is 5.43 Å². The molecule has 0 heterocycles. The zero-order chi connectivity index (χ0) is 8.97. The van der Waals surface area contributed by atoms with Gasteiger partial charge in [-0.05, 0) is 31.1 Å². The van der Waals surface area contributed by atoms with Crippen molar-refractivity contribution in [1.29, 1.82) is 0 Å². The Morgan fingerprint density at radius 1 is 1.67 bits per heavy atom. The maximum Gasteiger partial charge on any atom is 0.0247 e. The molecule has 0 aromatic rings. The average molecular weight is 166 g/mol. The Kier molecular flexibility index (Phi) is 3.58. The van der Waals surface area contributed by atoms with Crippen molar-refractivity contribution in [2.24, 2.45) is 17.7 Å². The van der Waals surface area contributed by atoms with Crippen LogP contribution in [0.1, 0.15) is 32.6 Å². The smallest absolute Gasteiger partial charge is 0.0247 e. The van der Waals surface area contributed by atoms with E-state index in [9.17, 15) is 0 Å². The number of nitrogens with two attached hydrogens (primary N) is 1. The maximum absolute atomic E-state index is 5.46. The fourth-order valence-corrected chi connectivity index (χ4v) is 1.69. The van der Waals surface area contributed by atoms with Crippen LogP contribution in [0, 0.1) is 24.2 Å². The second-order valence-corrected chi connectivity index (χ2v) is 3.71. The highest BCUT2D eigenvalue weighted by atomic mass is 15.2. The number of hydrogen-bond donors (Lipinski definition) is 2. The molecule has 2 unspecified atom stereocenters. The van der Waals surface area contributed by atoms with Crippen LogP contribution < -0.4 is 11.3 Å². The third-order valence-corrected chi connectivity index (χ3v) is 2.81. The molecule has 0 bridgehead atoms. The normalized spacial score (nSPS) is 21.4. The molecule has 0 aliphatic heterocycles. The fourth-order valence-electron chi connectivity index (χ4n) is 1.69. The summed E-state index contributed by atoms with van der Waals surface area (Å²) < 4.78 is 0. The second kappa shape index (κ2) is 4.49. The van der Waals surface area contributed by atoms with Gasteiger partial charge in [0.1, 0.15) is 0 Å². The SMILES string of the molecule is C#CCCC(NN)C(C)C1CC1. The molecular weight excluding hydrogens is 148 g/mol. The molecule has 68 valence electrons. The molecule has 0 saturated heterocycles. The first-order chi connectivity index (χ1) is 5.79. The Morgan fingerprint density at radius 2 is 2.33 bits per heavy atom. The Labute approximate surface area is 74.9 Å². The van der Waals surface area contributed by atoms with Crippen LogP contribution in [0.5, 0.6) is 0 Å². The Hall–Kier alpha value is -0.520. The number of hydrogen-bond acceptors (Lipinski definition) is 2. The molecule has 0 aromatic carbocycles. The molecule has 0 aromatic heterocycles. The molecule has 12 heavy (non-hydrogen) atoms. The van der Waals surface area contributed by atoms with E-state index in [-0.39, 0.29) is 0 Å². The van der Waals surface area contributed by atoms with Crippen LogP contribution in [0.15, 0.2) is 0 Å². The zero-order valence-corrected chi connectivity index (χ0v) is 7.72. The molecule has 1 saturated carbocycles. The highest BCUT2D eigenvalue weighted by Crippen LogP contribution is 2.38. The predicted molar refractivity (Wildman–Crippen MR) is 51.1 cm³/mol. The molecule has 1 rings (SSSR count). The fraction of sp³-hybridized carbons (Fsp3) is 0.800. The van der Waals surface area contributed by atoms with Crippen molar-refractivity contribution in [2.75, 3.05) is 0 Å². The minimum Gasteiger partial charge on any atom is -0.271 e. The van der Waals surface area contributed by atoms with Gasteiger partial charge in [-0.1, -0.05) is 6.92 Å². The lowest BCUT2D eigenvalue weighted by Gasteiger charge is -2.21. The Balaban J connectivity index is 2.27. The lowest BCUT2D eigenvalue weighted by Crippen LogP contribution is -2.40. The first-order valence-corrected chi connectivity index (χ1v) is 4.69. The van der Waals surface area contributed by atoms with Crippen molar-refractivity contribution < 1.29 is 0 Å². The lowest BCUT2D eigenvalue weighted by atomic mass is 9.94. The summed E-state index contributed by atoms with van der Waals surface area (Å²) in [6.07, 6.45) is 9.78. The largest absolute Gasteiger partial charge is 0.271 e. The minimum atomic E-state index is 0.411. The van der Waals surface area contributed by atoms with Crippen LogP contribution in [-0.2, 0) is 0 Å². The van der Waals surface area contributed by atoms with Crippen LogP contribution in [0.25, 0.3) is 0 Å². The van der Waals surface area contributed by atoms with Gasteiger partial charge in [0.15, 0.2) is 0 Å². The first kappa shape index (κ1) is 9.57. The molecule has 1 aliphatic rings. The summed E-state index contributed by atoms with van der Waals surface area (Å²) in [5, 5.41) is 0. The van der Waals surface area contributed by atoms with E-state index in [1.54, 1.807) is 0 Å². The van der Waals surface area contributed by atoms with Crippen molar-refractivity contribution in [3.8, 4) is 12.3 Å².